The van der Waals surface area contributed by atoms with E-state index in [0.29, 0.717) is 6.10 Å². The number of fused-ring (bicyclic) bond motifs is 1. The highest BCUT2D eigenvalue weighted by atomic mass is 16.5. The molecule has 0 aromatic carbocycles. The number of hydrogen-bond acceptors (Lipinski definition) is 2. The van der Waals surface area contributed by atoms with Crippen LogP contribution >= 0.6 is 0 Å². The van der Waals surface area contributed by atoms with Gasteiger partial charge < -0.3 is 9.84 Å². The molecule has 0 bridgehead atoms. The van der Waals surface area contributed by atoms with E-state index in [9.17, 15) is 5.11 Å². The Morgan fingerprint density at radius 2 is 1.64 bits per heavy atom. The van der Waals surface area contributed by atoms with Gasteiger partial charge in [0.25, 0.3) is 0 Å². The van der Waals surface area contributed by atoms with Crippen LogP contribution in [0.2, 0.25) is 0 Å². The molecule has 1 N–H and O–H groups in total. The molecule has 0 saturated heterocycles. The lowest BCUT2D eigenvalue weighted by molar-refractivity contribution is 0.0913. The van der Waals surface area contributed by atoms with Crippen LogP contribution < -0.4 is 0 Å². The van der Waals surface area contributed by atoms with Gasteiger partial charge in [-0.05, 0) is 37.5 Å². The van der Waals surface area contributed by atoms with Crippen molar-refractivity contribution in [1.82, 2.24) is 0 Å². The number of aliphatic hydroxyl groups excluding tert-OH is 1. The zero-order chi connectivity index (χ0) is 7.84. The molecule has 0 amide bonds. The minimum absolute atomic E-state index is 0.0113. The van der Waals surface area contributed by atoms with Gasteiger partial charge in [-0.15, -0.1) is 0 Å². The van der Waals surface area contributed by atoms with Gasteiger partial charge in [-0.3, -0.25) is 0 Å². The van der Waals surface area contributed by atoms with Gasteiger partial charge in [0.05, 0.1) is 12.2 Å². The summed E-state index contributed by atoms with van der Waals surface area (Å²) in [6.07, 6.45) is 4.87. The first-order valence-corrected chi connectivity index (χ1v) is 4.50. The van der Waals surface area contributed by atoms with E-state index in [2.05, 4.69) is 0 Å². The maximum Gasteiger partial charge on any atom is 0.0576 e. The summed E-state index contributed by atoms with van der Waals surface area (Å²) in [6.45, 7) is 0. The van der Waals surface area contributed by atoms with Crippen LogP contribution in [0, 0.1) is 11.8 Å². The Morgan fingerprint density at radius 3 is 2.09 bits per heavy atom. The summed E-state index contributed by atoms with van der Waals surface area (Å²) in [5.74, 6) is 1.52. The van der Waals surface area contributed by atoms with E-state index in [1.165, 1.54) is 12.8 Å². The average Bonchev–Trinajstić information content (AvgIpc) is 2.43. The van der Waals surface area contributed by atoms with Crippen molar-refractivity contribution in [2.24, 2.45) is 11.8 Å². The summed E-state index contributed by atoms with van der Waals surface area (Å²) < 4.78 is 5.30. The third-order valence-electron chi connectivity index (χ3n) is 3.28. The fraction of sp³-hybridized carbons (Fsp3) is 1.00. The highest BCUT2D eigenvalue weighted by molar-refractivity contribution is 4.91. The van der Waals surface area contributed by atoms with Crippen LogP contribution in [0.15, 0.2) is 0 Å². The second-order valence-corrected chi connectivity index (χ2v) is 3.97. The predicted octanol–water partition coefficient (Wildman–Crippen LogP) is 1.18. The Kier molecular flexibility index (Phi) is 1.90. The van der Waals surface area contributed by atoms with Crippen LogP contribution in [-0.4, -0.2) is 24.4 Å². The van der Waals surface area contributed by atoms with Gasteiger partial charge in [-0.25, -0.2) is 0 Å². The zero-order valence-corrected chi connectivity index (χ0v) is 6.99. The number of hydrogen-bond donors (Lipinski definition) is 1. The van der Waals surface area contributed by atoms with Crippen molar-refractivity contribution in [3.63, 3.8) is 0 Å². The molecule has 2 rings (SSSR count). The molecule has 2 heteroatoms. The maximum atomic E-state index is 9.35. The summed E-state index contributed by atoms with van der Waals surface area (Å²) >= 11 is 0. The first-order valence-electron chi connectivity index (χ1n) is 4.50. The molecule has 0 aromatic rings. The van der Waals surface area contributed by atoms with Crippen LogP contribution in [0.25, 0.3) is 0 Å². The van der Waals surface area contributed by atoms with E-state index < -0.39 is 0 Å². The normalized spacial score (nSPS) is 49.6. The van der Waals surface area contributed by atoms with Crippen molar-refractivity contribution in [3.05, 3.63) is 0 Å². The van der Waals surface area contributed by atoms with Crippen LogP contribution in [0.4, 0.5) is 0 Å². The molecule has 2 nitrogen and oxygen atoms in total. The quantitative estimate of drug-likeness (QED) is 0.617. The molecule has 0 heterocycles. The molecule has 2 aliphatic carbocycles. The maximum absolute atomic E-state index is 9.35. The largest absolute Gasteiger partial charge is 0.393 e. The number of methoxy groups -OCH3 is 1. The Bertz CT molecular complexity index is 132. The van der Waals surface area contributed by atoms with E-state index in [-0.39, 0.29) is 6.10 Å². The third kappa shape index (κ3) is 1.30. The van der Waals surface area contributed by atoms with E-state index in [0.717, 1.165) is 24.7 Å². The lowest BCUT2D eigenvalue weighted by atomic mass is 10.0. The summed E-state index contributed by atoms with van der Waals surface area (Å²) in [5.41, 5.74) is 0. The molecule has 0 radical (unpaired) electrons. The fourth-order valence-electron chi connectivity index (χ4n) is 2.72. The van der Waals surface area contributed by atoms with Crippen molar-refractivity contribution in [3.8, 4) is 0 Å². The third-order valence-corrected chi connectivity index (χ3v) is 3.28. The van der Waals surface area contributed by atoms with Gasteiger partial charge in [-0.1, -0.05) is 0 Å². The zero-order valence-electron chi connectivity index (χ0n) is 6.99. The van der Waals surface area contributed by atoms with Gasteiger partial charge in [0.2, 0.25) is 0 Å². The smallest absolute Gasteiger partial charge is 0.0576 e. The van der Waals surface area contributed by atoms with Gasteiger partial charge in [-0.2, -0.15) is 0 Å². The molecule has 2 saturated carbocycles. The van der Waals surface area contributed by atoms with Crippen molar-refractivity contribution >= 4 is 0 Å². The number of ether oxygens (including phenoxy) is 1. The minimum Gasteiger partial charge on any atom is -0.393 e. The number of rotatable bonds is 1. The molecule has 0 aliphatic heterocycles. The van der Waals surface area contributed by atoms with E-state index in [1.807, 2.05) is 0 Å². The van der Waals surface area contributed by atoms with Crippen LogP contribution in [-0.2, 0) is 4.74 Å². The van der Waals surface area contributed by atoms with Gasteiger partial charge in [0.1, 0.15) is 0 Å². The van der Waals surface area contributed by atoms with Crippen LogP contribution in [0.1, 0.15) is 25.7 Å². The molecule has 4 atom stereocenters. The molecular formula is C9H16O2. The second-order valence-electron chi connectivity index (χ2n) is 3.97. The van der Waals surface area contributed by atoms with E-state index in [4.69, 9.17) is 4.74 Å². The lowest BCUT2D eigenvalue weighted by Crippen LogP contribution is -2.09. The second kappa shape index (κ2) is 2.76. The fourth-order valence-corrected chi connectivity index (χ4v) is 2.72. The lowest BCUT2D eigenvalue weighted by Gasteiger charge is -2.09. The molecule has 0 spiro atoms. The molecule has 0 aromatic heterocycles. The summed E-state index contributed by atoms with van der Waals surface area (Å²) in [6, 6.07) is 0. The first kappa shape index (κ1) is 7.56. The summed E-state index contributed by atoms with van der Waals surface area (Å²) in [4.78, 5) is 0. The average molecular weight is 156 g/mol. The van der Waals surface area contributed by atoms with E-state index >= 15 is 0 Å². The van der Waals surface area contributed by atoms with E-state index in [1.54, 1.807) is 7.11 Å². The first-order chi connectivity index (χ1) is 5.29. The molecular weight excluding hydrogens is 140 g/mol. The van der Waals surface area contributed by atoms with Crippen molar-refractivity contribution in [1.29, 1.82) is 0 Å². The summed E-state index contributed by atoms with van der Waals surface area (Å²) in [5, 5.41) is 9.35. The topological polar surface area (TPSA) is 29.5 Å². The molecule has 2 fully saturated rings. The Balaban J connectivity index is 1.93. The predicted molar refractivity (Wildman–Crippen MR) is 42.3 cm³/mol. The number of aliphatic hydroxyl groups is 1. The highest BCUT2D eigenvalue weighted by Crippen LogP contribution is 2.44. The SMILES string of the molecule is COC1C[C@H]2CC(O)C[C@H]2C1. The molecule has 2 unspecified atom stereocenters. The van der Waals surface area contributed by atoms with Crippen LogP contribution in [0.3, 0.4) is 0 Å². The van der Waals surface area contributed by atoms with Gasteiger partial charge in [0.15, 0.2) is 0 Å². The Hall–Kier alpha value is -0.0800. The monoisotopic (exact) mass is 156 g/mol. The van der Waals surface area contributed by atoms with Gasteiger partial charge >= 0.3 is 0 Å². The summed E-state index contributed by atoms with van der Waals surface area (Å²) in [7, 11) is 1.79. The standard InChI is InChI=1S/C9H16O2/c1-11-9-4-6-2-8(10)3-7(6)5-9/h6-10H,2-5H2,1H3/t6-,7+,8?,9?. The van der Waals surface area contributed by atoms with Crippen molar-refractivity contribution in [2.45, 2.75) is 37.9 Å². The van der Waals surface area contributed by atoms with Gasteiger partial charge in [0, 0.05) is 7.11 Å². The Labute approximate surface area is 67.6 Å². The molecule has 11 heavy (non-hydrogen) atoms. The minimum atomic E-state index is -0.0113. The molecule has 64 valence electrons. The van der Waals surface area contributed by atoms with Crippen molar-refractivity contribution < 1.29 is 9.84 Å². The van der Waals surface area contributed by atoms with Crippen molar-refractivity contribution in [2.75, 3.05) is 7.11 Å². The molecule has 2 aliphatic rings. The highest BCUT2D eigenvalue weighted by Gasteiger charge is 2.40. The Morgan fingerprint density at radius 1 is 1.09 bits per heavy atom. The van der Waals surface area contributed by atoms with Crippen LogP contribution in [0.5, 0.6) is 0 Å².